The van der Waals surface area contributed by atoms with Gasteiger partial charge in [0.25, 0.3) is 5.69 Å². The number of nitro groups is 1. The molecule has 0 radical (unpaired) electrons. The first kappa shape index (κ1) is 20.3. The van der Waals surface area contributed by atoms with Gasteiger partial charge < -0.3 is 10.1 Å². The number of carbonyl (C=O) groups is 1. The van der Waals surface area contributed by atoms with Crippen molar-refractivity contribution in [2.24, 2.45) is 5.92 Å². The number of benzene rings is 1. The van der Waals surface area contributed by atoms with E-state index in [9.17, 15) is 23.3 Å². The van der Waals surface area contributed by atoms with Crippen molar-refractivity contribution in [2.75, 3.05) is 19.7 Å². The number of carbonyl (C=O) groups excluding carboxylic acids is 1. The molecule has 1 aromatic carbocycles. The molecule has 9 nitrogen and oxygen atoms in total. The Labute approximate surface area is 152 Å². The van der Waals surface area contributed by atoms with Gasteiger partial charge in [0.2, 0.25) is 10.0 Å². The summed E-state index contributed by atoms with van der Waals surface area (Å²) in [4.78, 5) is 22.4. The molecule has 2 rings (SSSR count). The number of hydrogen-bond donors (Lipinski definition) is 2. The summed E-state index contributed by atoms with van der Waals surface area (Å²) in [6, 6.07) is 1.77. The average Bonchev–Trinajstić information content (AvgIpc) is 2.56. The molecule has 1 aliphatic heterocycles. The number of hydrogen-bond acceptors (Lipinski definition) is 7. The monoisotopic (exact) mass is 385 g/mol. The molecule has 1 heterocycles. The maximum Gasteiger partial charge on any atom is 0.338 e. The van der Waals surface area contributed by atoms with Gasteiger partial charge in [0.05, 0.1) is 22.0 Å². The van der Waals surface area contributed by atoms with E-state index < -0.39 is 26.6 Å². The van der Waals surface area contributed by atoms with E-state index in [2.05, 4.69) is 10.0 Å². The number of nitro benzene ring substituents is 1. The van der Waals surface area contributed by atoms with Gasteiger partial charge in [-0.15, -0.1) is 0 Å². The van der Waals surface area contributed by atoms with Crippen LogP contribution in [-0.2, 0) is 14.8 Å². The zero-order chi connectivity index (χ0) is 19.5. The first-order valence-electron chi connectivity index (χ1n) is 8.36. The lowest BCUT2D eigenvalue weighted by Gasteiger charge is -2.30. The van der Waals surface area contributed by atoms with Crippen LogP contribution in [0.5, 0.6) is 0 Å². The summed E-state index contributed by atoms with van der Waals surface area (Å²) in [7, 11) is -4.04. The third-order valence-corrected chi connectivity index (χ3v) is 5.96. The minimum atomic E-state index is -4.04. The number of nitrogens with one attached hydrogen (secondary N) is 2. The van der Waals surface area contributed by atoms with Crippen LogP contribution in [0.2, 0.25) is 0 Å². The highest BCUT2D eigenvalue weighted by atomic mass is 32.2. The first-order chi connectivity index (χ1) is 12.2. The van der Waals surface area contributed by atoms with Gasteiger partial charge >= 0.3 is 5.97 Å². The molecular weight excluding hydrogens is 362 g/mol. The number of sulfonamides is 1. The second-order valence-electron chi connectivity index (χ2n) is 6.29. The number of ether oxygens (including phenoxy) is 1. The van der Waals surface area contributed by atoms with Crippen molar-refractivity contribution in [1.82, 2.24) is 10.0 Å². The molecule has 1 aliphatic rings. The molecule has 2 unspecified atom stereocenters. The number of piperidine rings is 1. The van der Waals surface area contributed by atoms with Crippen molar-refractivity contribution >= 4 is 21.7 Å². The van der Waals surface area contributed by atoms with Crippen LogP contribution in [-0.4, -0.2) is 45.0 Å². The van der Waals surface area contributed by atoms with Crippen LogP contribution in [0.4, 0.5) is 5.69 Å². The Balaban J connectivity index is 2.46. The van der Waals surface area contributed by atoms with Gasteiger partial charge in [0.15, 0.2) is 0 Å². The Morgan fingerprint density at radius 1 is 1.46 bits per heavy atom. The molecule has 10 heteroatoms. The molecule has 0 saturated carbocycles. The Hall–Kier alpha value is -2.04. The van der Waals surface area contributed by atoms with Crippen LogP contribution in [0.1, 0.15) is 36.2 Å². The number of esters is 1. The molecule has 0 bridgehead atoms. The van der Waals surface area contributed by atoms with Crippen LogP contribution in [0.25, 0.3) is 0 Å². The topological polar surface area (TPSA) is 128 Å². The van der Waals surface area contributed by atoms with Crippen molar-refractivity contribution in [3.63, 3.8) is 0 Å². The molecule has 144 valence electrons. The molecule has 0 aliphatic carbocycles. The van der Waals surface area contributed by atoms with E-state index in [4.69, 9.17) is 4.74 Å². The summed E-state index contributed by atoms with van der Waals surface area (Å²) in [5.74, 6) is -0.672. The van der Waals surface area contributed by atoms with Gasteiger partial charge in [-0.05, 0) is 38.8 Å². The molecule has 0 spiro atoms. The van der Waals surface area contributed by atoms with E-state index >= 15 is 0 Å². The van der Waals surface area contributed by atoms with Crippen LogP contribution >= 0.6 is 0 Å². The molecule has 1 saturated heterocycles. The zero-order valence-corrected chi connectivity index (χ0v) is 15.8. The summed E-state index contributed by atoms with van der Waals surface area (Å²) in [6.45, 7) is 6.28. The maximum absolute atomic E-state index is 12.8. The Morgan fingerprint density at radius 2 is 2.15 bits per heavy atom. The normalized spacial score (nSPS) is 20.6. The lowest BCUT2D eigenvalue weighted by molar-refractivity contribution is -0.385. The standard InChI is InChI=1S/C16H23N3O6S/c1-4-25-16(20)13-7-12(8-15(11(13)3)19(21)22)26(23,24)18-14-9-17-6-5-10(14)2/h7-8,10,14,17-18H,4-6,9H2,1-3H3. The lowest BCUT2D eigenvalue weighted by Crippen LogP contribution is -2.50. The van der Waals surface area contributed by atoms with E-state index in [1.165, 1.54) is 6.92 Å². The van der Waals surface area contributed by atoms with E-state index in [0.717, 1.165) is 25.1 Å². The summed E-state index contributed by atoms with van der Waals surface area (Å²) in [6.07, 6.45) is 0.815. The molecule has 1 fully saturated rings. The SMILES string of the molecule is CCOC(=O)c1cc(S(=O)(=O)NC2CNCCC2C)cc([N+](=O)[O-])c1C. The third-order valence-electron chi connectivity index (χ3n) is 4.49. The summed E-state index contributed by atoms with van der Waals surface area (Å²) in [5.41, 5.74) is -0.498. The van der Waals surface area contributed by atoms with Crippen molar-refractivity contribution in [3.05, 3.63) is 33.4 Å². The molecule has 2 N–H and O–H groups in total. The Morgan fingerprint density at radius 3 is 2.73 bits per heavy atom. The summed E-state index contributed by atoms with van der Waals surface area (Å²) in [5, 5.41) is 14.4. The van der Waals surface area contributed by atoms with Crippen molar-refractivity contribution in [3.8, 4) is 0 Å². The van der Waals surface area contributed by atoms with E-state index in [1.54, 1.807) is 6.92 Å². The van der Waals surface area contributed by atoms with E-state index in [-0.39, 0.29) is 34.6 Å². The molecule has 2 atom stereocenters. The number of rotatable bonds is 6. The fourth-order valence-electron chi connectivity index (χ4n) is 2.85. The maximum atomic E-state index is 12.8. The lowest BCUT2D eigenvalue weighted by atomic mass is 9.96. The number of nitrogens with zero attached hydrogens (tertiary/aromatic N) is 1. The molecule has 26 heavy (non-hydrogen) atoms. The molecule has 0 aromatic heterocycles. The second-order valence-corrected chi connectivity index (χ2v) is 8.00. The molecular formula is C16H23N3O6S. The molecule has 1 aromatic rings. The Kier molecular flexibility index (Phi) is 6.32. The van der Waals surface area contributed by atoms with Gasteiger partial charge in [-0.1, -0.05) is 6.92 Å². The van der Waals surface area contributed by atoms with E-state index in [0.29, 0.717) is 6.54 Å². The molecule has 0 amide bonds. The zero-order valence-electron chi connectivity index (χ0n) is 14.9. The van der Waals surface area contributed by atoms with Gasteiger partial charge in [0.1, 0.15) is 0 Å². The minimum absolute atomic E-state index is 0.0695. The largest absolute Gasteiger partial charge is 0.462 e. The first-order valence-corrected chi connectivity index (χ1v) is 9.85. The highest BCUT2D eigenvalue weighted by Crippen LogP contribution is 2.27. The van der Waals surface area contributed by atoms with Gasteiger partial charge in [-0.2, -0.15) is 0 Å². The van der Waals surface area contributed by atoms with Crippen LogP contribution in [0, 0.1) is 23.0 Å². The van der Waals surface area contributed by atoms with Gasteiger partial charge in [0, 0.05) is 24.2 Å². The Bertz CT molecular complexity index is 808. The third kappa shape index (κ3) is 4.37. The van der Waals surface area contributed by atoms with Crippen LogP contribution < -0.4 is 10.0 Å². The fourth-order valence-corrected chi connectivity index (χ4v) is 4.24. The van der Waals surface area contributed by atoms with Crippen LogP contribution in [0.15, 0.2) is 17.0 Å². The smallest absolute Gasteiger partial charge is 0.338 e. The highest BCUT2D eigenvalue weighted by molar-refractivity contribution is 7.89. The quantitative estimate of drug-likeness (QED) is 0.430. The fraction of sp³-hybridized carbons (Fsp3) is 0.562. The van der Waals surface area contributed by atoms with Crippen molar-refractivity contribution < 1.29 is 22.9 Å². The summed E-state index contributed by atoms with van der Waals surface area (Å²) < 4.78 is 33.0. The average molecular weight is 385 g/mol. The summed E-state index contributed by atoms with van der Waals surface area (Å²) >= 11 is 0. The van der Waals surface area contributed by atoms with Gasteiger partial charge in [-0.25, -0.2) is 17.9 Å². The van der Waals surface area contributed by atoms with E-state index in [1.807, 2.05) is 6.92 Å². The highest BCUT2D eigenvalue weighted by Gasteiger charge is 2.30. The van der Waals surface area contributed by atoms with Crippen LogP contribution in [0.3, 0.4) is 0 Å². The van der Waals surface area contributed by atoms with Crippen molar-refractivity contribution in [2.45, 2.75) is 38.1 Å². The predicted molar refractivity (Wildman–Crippen MR) is 94.6 cm³/mol. The van der Waals surface area contributed by atoms with Gasteiger partial charge in [-0.3, -0.25) is 10.1 Å². The minimum Gasteiger partial charge on any atom is -0.462 e. The predicted octanol–water partition coefficient (Wildman–Crippen LogP) is 1.36. The van der Waals surface area contributed by atoms with Crippen molar-refractivity contribution in [1.29, 1.82) is 0 Å². The second kappa shape index (κ2) is 8.11.